The average Bonchev–Trinajstić information content (AvgIpc) is 2.67. The highest BCUT2D eigenvalue weighted by Gasteiger charge is 2.26. The number of nitrogens with zero attached hydrogens (tertiary/aromatic N) is 3. The molecule has 1 aliphatic heterocycles. The molecule has 0 spiro atoms. The highest BCUT2D eigenvalue weighted by atomic mass is 16.5. The van der Waals surface area contributed by atoms with Crippen LogP contribution in [-0.2, 0) is 16.0 Å². The van der Waals surface area contributed by atoms with E-state index in [1.54, 1.807) is 0 Å². The second-order valence-corrected chi connectivity index (χ2v) is 6.83. The number of carbonyl (C=O) groups is 1. The summed E-state index contributed by atoms with van der Waals surface area (Å²) in [6.45, 7) is 5.34. The first-order valence-corrected chi connectivity index (χ1v) is 9.42. The van der Waals surface area contributed by atoms with Gasteiger partial charge >= 0.3 is 5.97 Å². The molecule has 1 heterocycles. The average molecular weight is 361 g/mol. The number of nitrogens with one attached hydrogen (secondary N) is 1. The molecule has 1 N–H and O–H groups in total. The smallest absolute Gasteiger partial charge is 0.308 e. The van der Waals surface area contributed by atoms with Crippen molar-refractivity contribution in [2.24, 2.45) is 10.9 Å². The van der Waals surface area contributed by atoms with Crippen LogP contribution >= 0.6 is 0 Å². The molecule has 1 aliphatic rings. The lowest BCUT2D eigenvalue weighted by Crippen LogP contribution is -2.46. The third-order valence-electron chi connectivity index (χ3n) is 4.78. The Labute approximate surface area is 157 Å². The first-order valence-electron chi connectivity index (χ1n) is 9.42. The Kier molecular flexibility index (Phi) is 7.75. The molecule has 6 nitrogen and oxygen atoms in total. The van der Waals surface area contributed by atoms with E-state index in [4.69, 9.17) is 9.73 Å². The van der Waals surface area contributed by atoms with Gasteiger partial charge in [0, 0.05) is 46.0 Å². The number of carbonyl (C=O) groups excluding carboxylic acids is 1. The van der Waals surface area contributed by atoms with Gasteiger partial charge in [-0.3, -0.25) is 9.79 Å². The van der Waals surface area contributed by atoms with Gasteiger partial charge in [0.15, 0.2) is 5.96 Å². The first kappa shape index (κ1) is 20.1. The Bertz CT molecular complexity index is 590. The Balaban J connectivity index is 1.89. The zero-order valence-corrected chi connectivity index (χ0v) is 16.5. The SMILES string of the molecule is CCNC(=NCCc1ccc(N(C)C)cc1)N1CCC(C(=O)OC)CC1. The number of hydrogen-bond acceptors (Lipinski definition) is 4. The van der Waals surface area contributed by atoms with E-state index in [9.17, 15) is 4.79 Å². The number of methoxy groups -OCH3 is 1. The predicted molar refractivity (Wildman–Crippen MR) is 107 cm³/mol. The van der Waals surface area contributed by atoms with Crippen LogP contribution in [0.2, 0.25) is 0 Å². The number of anilines is 1. The van der Waals surface area contributed by atoms with E-state index in [0.717, 1.165) is 51.4 Å². The summed E-state index contributed by atoms with van der Waals surface area (Å²) in [7, 11) is 5.56. The molecule has 0 unspecified atom stereocenters. The van der Waals surface area contributed by atoms with Gasteiger partial charge in [0.1, 0.15) is 0 Å². The fourth-order valence-electron chi connectivity index (χ4n) is 3.17. The summed E-state index contributed by atoms with van der Waals surface area (Å²) in [5.41, 5.74) is 2.50. The molecule has 1 aromatic rings. The maximum absolute atomic E-state index is 11.7. The monoisotopic (exact) mass is 360 g/mol. The number of esters is 1. The van der Waals surface area contributed by atoms with E-state index in [1.807, 2.05) is 14.1 Å². The predicted octanol–water partition coefficient (Wildman–Crippen LogP) is 2.15. The molecule has 0 aromatic heterocycles. The van der Waals surface area contributed by atoms with Gasteiger partial charge in [-0.1, -0.05) is 12.1 Å². The number of benzene rings is 1. The minimum atomic E-state index is -0.0900. The van der Waals surface area contributed by atoms with Crippen molar-refractivity contribution in [1.29, 1.82) is 0 Å². The van der Waals surface area contributed by atoms with E-state index in [-0.39, 0.29) is 11.9 Å². The summed E-state index contributed by atoms with van der Waals surface area (Å²) >= 11 is 0. The van der Waals surface area contributed by atoms with Gasteiger partial charge in [-0.25, -0.2) is 0 Å². The molecule has 144 valence electrons. The quantitative estimate of drug-likeness (QED) is 0.479. The molecule has 1 fully saturated rings. The zero-order chi connectivity index (χ0) is 18.9. The van der Waals surface area contributed by atoms with E-state index in [2.05, 4.69) is 46.3 Å². The number of likely N-dealkylation sites (tertiary alicyclic amines) is 1. The summed E-state index contributed by atoms with van der Waals surface area (Å²) in [4.78, 5) is 20.8. The molecule has 6 heteroatoms. The van der Waals surface area contributed by atoms with Gasteiger partial charge in [0.25, 0.3) is 0 Å². The lowest BCUT2D eigenvalue weighted by molar-refractivity contribution is -0.146. The molecule has 1 aromatic carbocycles. The van der Waals surface area contributed by atoms with Gasteiger partial charge in [-0.15, -0.1) is 0 Å². The van der Waals surface area contributed by atoms with Crippen LogP contribution in [0.25, 0.3) is 0 Å². The molecule has 0 saturated carbocycles. The summed E-state index contributed by atoms with van der Waals surface area (Å²) in [6.07, 6.45) is 2.56. The second-order valence-electron chi connectivity index (χ2n) is 6.83. The molecule has 1 saturated heterocycles. The van der Waals surface area contributed by atoms with Gasteiger partial charge in [-0.05, 0) is 43.9 Å². The van der Waals surface area contributed by atoms with Crippen LogP contribution in [-0.4, -0.2) is 64.2 Å². The van der Waals surface area contributed by atoms with E-state index < -0.39 is 0 Å². The molecular formula is C20H32N4O2. The van der Waals surface area contributed by atoms with Crippen molar-refractivity contribution in [2.45, 2.75) is 26.2 Å². The van der Waals surface area contributed by atoms with Crippen LogP contribution < -0.4 is 10.2 Å². The van der Waals surface area contributed by atoms with Crippen LogP contribution in [0.4, 0.5) is 5.69 Å². The molecule has 0 atom stereocenters. The molecule has 0 radical (unpaired) electrons. The van der Waals surface area contributed by atoms with Crippen molar-refractivity contribution in [3.05, 3.63) is 29.8 Å². The van der Waals surface area contributed by atoms with Gasteiger partial charge in [0.2, 0.25) is 0 Å². The molecule has 0 amide bonds. The lowest BCUT2D eigenvalue weighted by Gasteiger charge is -2.33. The minimum Gasteiger partial charge on any atom is -0.469 e. The van der Waals surface area contributed by atoms with E-state index in [1.165, 1.54) is 18.4 Å². The van der Waals surface area contributed by atoms with Crippen LogP contribution in [0.5, 0.6) is 0 Å². The van der Waals surface area contributed by atoms with Gasteiger partial charge in [-0.2, -0.15) is 0 Å². The number of ether oxygens (including phenoxy) is 1. The van der Waals surface area contributed by atoms with Crippen molar-refractivity contribution in [2.75, 3.05) is 52.3 Å². The van der Waals surface area contributed by atoms with E-state index >= 15 is 0 Å². The minimum absolute atomic E-state index is 0.0225. The van der Waals surface area contributed by atoms with Crippen LogP contribution in [0.1, 0.15) is 25.3 Å². The Morgan fingerprint density at radius 2 is 1.92 bits per heavy atom. The normalized spacial score (nSPS) is 15.7. The van der Waals surface area contributed by atoms with Gasteiger partial charge < -0.3 is 19.9 Å². The number of piperidine rings is 1. The summed E-state index contributed by atoms with van der Waals surface area (Å²) < 4.78 is 4.86. The first-order chi connectivity index (χ1) is 12.5. The van der Waals surface area contributed by atoms with Gasteiger partial charge in [0.05, 0.1) is 13.0 Å². The molecule has 2 rings (SSSR count). The van der Waals surface area contributed by atoms with Crippen LogP contribution in [0, 0.1) is 5.92 Å². The standard InChI is InChI=1S/C20H32N4O2/c1-5-21-20(24-14-11-17(12-15-24)19(25)26-4)22-13-10-16-6-8-18(9-7-16)23(2)3/h6-9,17H,5,10-15H2,1-4H3,(H,21,22). The Morgan fingerprint density at radius 1 is 1.27 bits per heavy atom. The topological polar surface area (TPSA) is 57.2 Å². The van der Waals surface area contributed by atoms with E-state index in [0.29, 0.717) is 0 Å². The lowest BCUT2D eigenvalue weighted by atomic mass is 9.97. The summed E-state index contributed by atoms with van der Waals surface area (Å²) in [6, 6.07) is 8.61. The molecule has 0 aliphatic carbocycles. The fraction of sp³-hybridized carbons (Fsp3) is 0.600. The number of hydrogen-bond donors (Lipinski definition) is 1. The van der Waals surface area contributed by atoms with Crippen molar-refractivity contribution in [3.8, 4) is 0 Å². The molecule has 26 heavy (non-hydrogen) atoms. The van der Waals surface area contributed by atoms with Crippen LogP contribution in [0.15, 0.2) is 29.3 Å². The molecular weight excluding hydrogens is 328 g/mol. The Morgan fingerprint density at radius 3 is 2.46 bits per heavy atom. The zero-order valence-electron chi connectivity index (χ0n) is 16.5. The van der Waals surface area contributed by atoms with Crippen molar-refractivity contribution in [3.63, 3.8) is 0 Å². The third-order valence-corrected chi connectivity index (χ3v) is 4.78. The van der Waals surface area contributed by atoms with Crippen molar-refractivity contribution in [1.82, 2.24) is 10.2 Å². The van der Waals surface area contributed by atoms with Crippen molar-refractivity contribution >= 4 is 17.6 Å². The number of guanidine groups is 1. The second kappa shape index (κ2) is 10.0. The maximum atomic E-state index is 11.7. The van der Waals surface area contributed by atoms with Crippen molar-refractivity contribution < 1.29 is 9.53 Å². The summed E-state index contributed by atoms with van der Waals surface area (Å²) in [5.74, 6) is 0.878. The molecule has 0 bridgehead atoms. The largest absolute Gasteiger partial charge is 0.469 e. The highest BCUT2D eigenvalue weighted by Crippen LogP contribution is 2.18. The van der Waals surface area contributed by atoms with Crippen LogP contribution in [0.3, 0.4) is 0 Å². The highest BCUT2D eigenvalue weighted by molar-refractivity contribution is 5.80. The summed E-state index contributed by atoms with van der Waals surface area (Å²) in [5, 5.41) is 3.37. The number of aliphatic imine (C=N–C) groups is 1. The fourth-order valence-corrected chi connectivity index (χ4v) is 3.17. The maximum Gasteiger partial charge on any atom is 0.308 e. The third kappa shape index (κ3) is 5.64. The Hall–Kier alpha value is -2.24. The number of rotatable bonds is 6.